The smallest absolute Gasteiger partial charge is 0.212 e. The highest BCUT2D eigenvalue weighted by Crippen LogP contribution is 2.13. The predicted molar refractivity (Wildman–Crippen MR) is 51.7 cm³/mol. The molecule has 1 N–H and O–H groups in total. The van der Waals surface area contributed by atoms with E-state index < -0.39 is 5.95 Å². The summed E-state index contributed by atoms with van der Waals surface area (Å²) in [7, 11) is 0. The maximum Gasteiger partial charge on any atom is 0.212 e. The molecule has 1 aromatic rings. The van der Waals surface area contributed by atoms with Crippen LogP contribution in [0.1, 0.15) is 12.8 Å². The van der Waals surface area contributed by atoms with Gasteiger partial charge in [0.25, 0.3) is 0 Å². The lowest BCUT2D eigenvalue weighted by Crippen LogP contribution is -2.27. The fraction of sp³-hybridized carbons (Fsp3) is 0.500. The molecular formula is C10H13FN2O. The summed E-state index contributed by atoms with van der Waals surface area (Å²) >= 11 is 0. The number of hydrogen-bond donors (Lipinski definition) is 1. The van der Waals surface area contributed by atoms with Crippen LogP contribution in [0.3, 0.4) is 0 Å². The highest BCUT2D eigenvalue weighted by Gasteiger charge is 2.12. The summed E-state index contributed by atoms with van der Waals surface area (Å²) in [4.78, 5) is 3.58. The van der Waals surface area contributed by atoms with E-state index in [9.17, 15) is 4.39 Å². The third-order valence-corrected chi connectivity index (χ3v) is 2.32. The monoisotopic (exact) mass is 196 g/mol. The molecule has 14 heavy (non-hydrogen) atoms. The van der Waals surface area contributed by atoms with E-state index in [1.54, 1.807) is 6.07 Å². The summed E-state index contributed by atoms with van der Waals surface area (Å²) < 4.78 is 17.7. The van der Waals surface area contributed by atoms with Gasteiger partial charge in [0.1, 0.15) is 0 Å². The number of pyridine rings is 1. The van der Waals surface area contributed by atoms with Gasteiger partial charge in [0, 0.05) is 19.3 Å². The number of halogens is 1. The van der Waals surface area contributed by atoms with Crippen LogP contribution in [0.25, 0.3) is 0 Å². The summed E-state index contributed by atoms with van der Waals surface area (Å²) in [5.41, 5.74) is 0.873. The minimum atomic E-state index is -0.442. The van der Waals surface area contributed by atoms with Crippen molar-refractivity contribution in [2.45, 2.75) is 18.9 Å². The molecule has 0 atom stereocenters. The van der Waals surface area contributed by atoms with Crippen LogP contribution in [-0.4, -0.2) is 24.2 Å². The predicted octanol–water partition coefficient (Wildman–Crippen LogP) is 1.81. The molecule has 1 aliphatic rings. The van der Waals surface area contributed by atoms with Crippen LogP contribution < -0.4 is 5.32 Å². The van der Waals surface area contributed by atoms with E-state index >= 15 is 0 Å². The first-order valence-corrected chi connectivity index (χ1v) is 4.80. The molecule has 4 heteroatoms. The molecule has 1 fully saturated rings. The van der Waals surface area contributed by atoms with Crippen LogP contribution in [-0.2, 0) is 4.74 Å². The van der Waals surface area contributed by atoms with Crippen LogP contribution in [0.4, 0.5) is 10.1 Å². The fourth-order valence-corrected chi connectivity index (χ4v) is 1.54. The number of aromatic nitrogens is 1. The molecule has 0 aromatic carbocycles. The largest absolute Gasteiger partial charge is 0.381 e. The quantitative estimate of drug-likeness (QED) is 0.732. The van der Waals surface area contributed by atoms with Crippen molar-refractivity contribution in [2.75, 3.05) is 18.5 Å². The Morgan fingerprint density at radius 1 is 1.36 bits per heavy atom. The molecule has 0 unspecified atom stereocenters. The van der Waals surface area contributed by atoms with Gasteiger partial charge in [-0.2, -0.15) is 4.39 Å². The highest BCUT2D eigenvalue weighted by atomic mass is 19.1. The Labute approximate surface area is 82.3 Å². The second kappa shape index (κ2) is 4.37. The van der Waals surface area contributed by atoms with Crippen LogP contribution in [0.2, 0.25) is 0 Å². The van der Waals surface area contributed by atoms with E-state index in [0.717, 1.165) is 31.7 Å². The lowest BCUT2D eigenvalue weighted by atomic mass is 10.1. The molecule has 0 bridgehead atoms. The zero-order valence-electron chi connectivity index (χ0n) is 7.87. The first kappa shape index (κ1) is 9.40. The summed E-state index contributed by atoms with van der Waals surface area (Å²) in [5.74, 6) is -0.442. The zero-order chi connectivity index (χ0) is 9.80. The van der Waals surface area contributed by atoms with Gasteiger partial charge in [0.2, 0.25) is 5.95 Å². The summed E-state index contributed by atoms with van der Waals surface area (Å²) in [6.07, 6.45) is 3.51. The minimum absolute atomic E-state index is 0.427. The number of anilines is 1. The molecular weight excluding hydrogens is 183 g/mol. The lowest BCUT2D eigenvalue weighted by molar-refractivity contribution is 0.0904. The van der Waals surface area contributed by atoms with Gasteiger partial charge < -0.3 is 10.1 Å². The second-order valence-electron chi connectivity index (χ2n) is 3.40. The van der Waals surface area contributed by atoms with Crippen molar-refractivity contribution in [3.8, 4) is 0 Å². The minimum Gasteiger partial charge on any atom is -0.381 e. The van der Waals surface area contributed by atoms with E-state index in [0.29, 0.717) is 6.04 Å². The number of hydrogen-bond acceptors (Lipinski definition) is 3. The first-order chi connectivity index (χ1) is 6.84. The normalized spacial score (nSPS) is 18.1. The Bertz CT molecular complexity index is 283. The molecule has 0 saturated carbocycles. The number of rotatable bonds is 2. The van der Waals surface area contributed by atoms with Gasteiger partial charge in [-0.05, 0) is 25.0 Å². The van der Waals surface area contributed by atoms with Crippen molar-refractivity contribution in [1.82, 2.24) is 4.98 Å². The van der Waals surface area contributed by atoms with Crippen molar-refractivity contribution >= 4 is 5.69 Å². The number of ether oxygens (including phenoxy) is 1. The fourth-order valence-electron chi connectivity index (χ4n) is 1.54. The van der Waals surface area contributed by atoms with Crippen molar-refractivity contribution < 1.29 is 9.13 Å². The van der Waals surface area contributed by atoms with Gasteiger partial charge in [-0.3, -0.25) is 0 Å². The molecule has 0 amide bonds. The molecule has 0 aliphatic carbocycles. The standard InChI is InChI=1S/C10H13FN2O/c11-10-2-1-9(7-12-10)13-8-3-5-14-6-4-8/h1-2,7-8,13H,3-6H2. The maximum atomic E-state index is 12.5. The Morgan fingerprint density at radius 2 is 2.14 bits per heavy atom. The zero-order valence-corrected chi connectivity index (χ0v) is 7.87. The highest BCUT2D eigenvalue weighted by molar-refractivity contribution is 5.40. The van der Waals surface area contributed by atoms with Crippen molar-refractivity contribution in [3.63, 3.8) is 0 Å². The van der Waals surface area contributed by atoms with Gasteiger partial charge in [0.05, 0.1) is 11.9 Å². The average molecular weight is 196 g/mol. The molecule has 0 spiro atoms. The summed E-state index contributed by atoms with van der Waals surface area (Å²) in [6, 6.07) is 3.50. The van der Waals surface area contributed by atoms with Crippen LogP contribution in [0.15, 0.2) is 18.3 Å². The topological polar surface area (TPSA) is 34.1 Å². The lowest BCUT2D eigenvalue weighted by Gasteiger charge is -2.23. The Kier molecular flexibility index (Phi) is 2.93. The molecule has 76 valence electrons. The molecule has 3 nitrogen and oxygen atoms in total. The molecule has 1 saturated heterocycles. The van der Waals surface area contributed by atoms with Gasteiger partial charge in [-0.1, -0.05) is 0 Å². The number of nitrogens with zero attached hydrogens (tertiary/aromatic N) is 1. The van der Waals surface area contributed by atoms with E-state index in [4.69, 9.17) is 4.74 Å². The van der Waals surface area contributed by atoms with Crippen LogP contribution >= 0.6 is 0 Å². The first-order valence-electron chi connectivity index (χ1n) is 4.80. The Balaban J connectivity index is 1.92. The van der Waals surface area contributed by atoms with Gasteiger partial charge in [-0.15, -0.1) is 0 Å². The van der Waals surface area contributed by atoms with Gasteiger partial charge >= 0.3 is 0 Å². The van der Waals surface area contributed by atoms with Crippen molar-refractivity contribution in [3.05, 3.63) is 24.3 Å². The third-order valence-electron chi connectivity index (χ3n) is 2.32. The third kappa shape index (κ3) is 2.42. The summed E-state index contributed by atoms with van der Waals surface area (Å²) in [5, 5.41) is 3.30. The maximum absolute atomic E-state index is 12.5. The second-order valence-corrected chi connectivity index (χ2v) is 3.40. The van der Waals surface area contributed by atoms with Crippen LogP contribution in [0, 0.1) is 5.95 Å². The Hall–Kier alpha value is -1.16. The Morgan fingerprint density at radius 3 is 2.79 bits per heavy atom. The van der Waals surface area contributed by atoms with E-state index in [1.165, 1.54) is 12.3 Å². The van der Waals surface area contributed by atoms with Gasteiger partial charge in [0.15, 0.2) is 0 Å². The molecule has 1 aromatic heterocycles. The SMILES string of the molecule is Fc1ccc(NC2CCOCC2)cn1. The van der Waals surface area contributed by atoms with E-state index in [-0.39, 0.29) is 0 Å². The average Bonchev–Trinajstić information content (AvgIpc) is 2.23. The summed E-state index contributed by atoms with van der Waals surface area (Å²) in [6.45, 7) is 1.60. The molecule has 0 radical (unpaired) electrons. The van der Waals surface area contributed by atoms with Crippen LogP contribution in [0.5, 0.6) is 0 Å². The molecule has 1 aliphatic heterocycles. The van der Waals surface area contributed by atoms with E-state index in [1.807, 2.05) is 0 Å². The van der Waals surface area contributed by atoms with E-state index in [2.05, 4.69) is 10.3 Å². The van der Waals surface area contributed by atoms with Crippen molar-refractivity contribution in [1.29, 1.82) is 0 Å². The molecule has 2 heterocycles. The number of nitrogens with one attached hydrogen (secondary N) is 1. The van der Waals surface area contributed by atoms with Crippen molar-refractivity contribution in [2.24, 2.45) is 0 Å². The molecule has 2 rings (SSSR count). The van der Waals surface area contributed by atoms with Gasteiger partial charge in [-0.25, -0.2) is 4.98 Å².